The molecule has 0 N–H and O–H groups in total. The van der Waals surface area contributed by atoms with Crippen LogP contribution in [-0.4, -0.2) is 12.4 Å². The van der Waals surface area contributed by atoms with Crippen LogP contribution in [0, 0.1) is 0 Å². The first-order chi connectivity index (χ1) is 9.79. The summed E-state index contributed by atoms with van der Waals surface area (Å²) in [6.45, 7) is 2.49. The fourth-order valence-corrected chi connectivity index (χ4v) is 2.80. The molecule has 20 heavy (non-hydrogen) atoms. The Morgan fingerprint density at radius 3 is 2.75 bits per heavy atom. The summed E-state index contributed by atoms with van der Waals surface area (Å²) in [6.07, 6.45) is 3.42. The number of hydrogen-bond acceptors (Lipinski definition) is 2. The standard InChI is InChI=1S/C18H18O2/c1-2-20-17-9-4-3-8-16(17)18(19)15-11-10-13-6-5-7-14(13)12-15/h3-4,8-12H,2,5-7H2,1H3. The van der Waals surface area contributed by atoms with E-state index in [1.807, 2.05) is 43.3 Å². The number of fused-ring (bicyclic) bond motifs is 1. The molecule has 0 atom stereocenters. The Kier molecular flexibility index (Phi) is 3.55. The molecule has 0 fully saturated rings. The number of benzene rings is 2. The minimum absolute atomic E-state index is 0.0451. The number of ketones is 1. The topological polar surface area (TPSA) is 26.3 Å². The Morgan fingerprint density at radius 2 is 1.90 bits per heavy atom. The van der Waals surface area contributed by atoms with Gasteiger partial charge in [0.2, 0.25) is 0 Å². The highest BCUT2D eigenvalue weighted by atomic mass is 16.5. The van der Waals surface area contributed by atoms with E-state index in [1.165, 1.54) is 17.5 Å². The summed E-state index contributed by atoms with van der Waals surface area (Å²) >= 11 is 0. The van der Waals surface area contributed by atoms with Gasteiger partial charge in [0, 0.05) is 5.56 Å². The maximum atomic E-state index is 12.7. The molecule has 0 saturated carbocycles. The van der Waals surface area contributed by atoms with Gasteiger partial charge in [0.05, 0.1) is 12.2 Å². The summed E-state index contributed by atoms with van der Waals surface area (Å²) < 4.78 is 5.55. The average Bonchev–Trinajstić information content (AvgIpc) is 2.95. The highest BCUT2D eigenvalue weighted by molar-refractivity contribution is 6.10. The molecule has 0 saturated heterocycles. The Balaban J connectivity index is 1.96. The van der Waals surface area contributed by atoms with Gasteiger partial charge in [0.15, 0.2) is 5.78 Å². The number of carbonyl (C=O) groups is 1. The van der Waals surface area contributed by atoms with E-state index >= 15 is 0 Å². The monoisotopic (exact) mass is 266 g/mol. The average molecular weight is 266 g/mol. The second kappa shape index (κ2) is 5.49. The molecule has 0 aliphatic heterocycles. The van der Waals surface area contributed by atoms with Crippen molar-refractivity contribution in [3.63, 3.8) is 0 Å². The summed E-state index contributed by atoms with van der Waals surface area (Å²) in [5.74, 6) is 0.712. The van der Waals surface area contributed by atoms with Gasteiger partial charge >= 0.3 is 0 Å². The van der Waals surface area contributed by atoms with E-state index in [1.54, 1.807) is 0 Å². The maximum absolute atomic E-state index is 12.7. The largest absolute Gasteiger partial charge is 0.493 e. The first-order valence-corrected chi connectivity index (χ1v) is 7.18. The van der Waals surface area contributed by atoms with Crippen LogP contribution in [0.3, 0.4) is 0 Å². The van der Waals surface area contributed by atoms with Crippen molar-refractivity contribution in [2.24, 2.45) is 0 Å². The molecular weight excluding hydrogens is 248 g/mol. The van der Waals surface area contributed by atoms with Crippen LogP contribution in [0.2, 0.25) is 0 Å². The molecule has 2 aromatic carbocycles. The molecule has 0 amide bonds. The van der Waals surface area contributed by atoms with Crippen molar-refractivity contribution in [2.45, 2.75) is 26.2 Å². The van der Waals surface area contributed by atoms with Crippen LogP contribution in [-0.2, 0) is 12.8 Å². The number of para-hydroxylation sites is 1. The van der Waals surface area contributed by atoms with Crippen LogP contribution in [0.25, 0.3) is 0 Å². The molecule has 1 aliphatic rings. The van der Waals surface area contributed by atoms with Crippen LogP contribution in [0.1, 0.15) is 40.4 Å². The van der Waals surface area contributed by atoms with Gasteiger partial charge in [-0.15, -0.1) is 0 Å². The summed E-state index contributed by atoms with van der Waals surface area (Å²) in [6, 6.07) is 13.5. The highest BCUT2D eigenvalue weighted by Gasteiger charge is 2.17. The Bertz CT molecular complexity index is 644. The van der Waals surface area contributed by atoms with Gasteiger partial charge in [-0.05, 0) is 55.5 Å². The van der Waals surface area contributed by atoms with E-state index in [2.05, 4.69) is 6.07 Å². The summed E-state index contributed by atoms with van der Waals surface area (Å²) in [5.41, 5.74) is 4.12. The predicted molar refractivity (Wildman–Crippen MR) is 79.5 cm³/mol. The molecule has 1 aliphatic carbocycles. The lowest BCUT2D eigenvalue weighted by molar-refractivity contribution is 0.103. The zero-order valence-electron chi connectivity index (χ0n) is 11.7. The molecule has 0 heterocycles. The van der Waals surface area contributed by atoms with Crippen molar-refractivity contribution in [1.29, 1.82) is 0 Å². The van der Waals surface area contributed by atoms with E-state index in [0.29, 0.717) is 17.9 Å². The molecular formula is C18H18O2. The molecule has 0 aromatic heterocycles. The minimum atomic E-state index is 0.0451. The zero-order chi connectivity index (χ0) is 13.9. The quantitative estimate of drug-likeness (QED) is 0.787. The molecule has 0 spiro atoms. The lowest BCUT2D eigenvalue weighted by atomic mass is 9.99. The van der Waals surface area contributed by atoms with E-state index < -0.39 is 0 Å². The van der Waals surface area contributed by atoms with E-state index in [0.717, 1.165) is 18.4 Å². The van der Waals surface area contributed by atoms with Crippen LogP contribution in [0.5, 0.6) is 5.75 Å². The normalized spacial score (nSPS) is 13.1. The Morgan fingerprint density at radius 1 is 1.10 bits per heavy atom. The van der Waals surface area contributed by atoms with Crippen molar-refractivity contribution in [3.8, 4) is 5.75 Å². The van der Waals surface area contributed by atoms with Crippen molar-refractivity contribution in [1.82, 2.24) is 0 Å². The SMILES string of the molecule is CCOc1ccccc1C(=O)c1ccc2c(c1)CCC2. The smallest absolute Gasteiger partial charge is 0.196 e. The third-order valence-electron chi connectivity index (χ3n) is 3.79. The molecule has 2 aromatic rings. The van der Waals surface area contributed by atoms with Gasteiger partial charge in [0.1, 0.15) is 5.75 Å². The first kappa shape index (κ1) is 12.9. The van der Waals surface area contributed by atoms with Gasteiger partial charge in [-0.2, -0.15) is 0 Å². The van der Waals surface area contributed by atoms with Crippen molar-refractivity contribution in [2.75, 3.05) is 6.61 Å². The maximum Gasteiger partial charge on any atom is 0.196 e. The van der Waals surface area contributed by atoms with Crippen LogP contribution >= 0.6 is 0 Å². The third kappa shape index (κ3) is 2.34. The molecule has 102 valence electrons. The third-order valence-corrected chi connectivity index (χ3v) is 3.79. The lowest BCUT2D eigenvalue weighted by Gasteiger charge is -2.10. The van der Waals surface area contributed by atoms with Crippen LogP contribution in [0.15, 0.2) is 42.5 Å². The van der Waals surface area contributed by atoms with Gasteiger partial charge in [0.25, 0.3) is 0 Å². The van der Waals surface area contributed by atoms with Gasteiger partial charge in [-0.25, -0.2) is 0 Å². The van der Waals surface area contributed by atoms with Gasteiger partial charge in [-0.1, -0.05) is 24.3 Å². The van der Waals surface area contributed by atoms with Gasteiger partial charge in [-0.3, -0.25) is 4.79 Å². The highest BCUT2D eigenvalue weighted by Crippen LogP contribution is 2.26. The number of hydrogen-bond donors (Lipinski definition) is 0. The van der Waals surface area contributed by atoms with Crippen molar-refractivity contribution in [3.05, 3.63) is 64.7 Å². The number of aryl methyl sites for hydroxylation is 2. The zero-order valence-corrected chi connectivity index (χ0v) is 11.7. The fourth-order valence-electron chi connectivity index (χ4n) is 2.80. The summed E-state index contributed by atoms with van der Waals surface area (Å²) in [4.78, 5) is 12.7. The second-order valence-electron chi connectivity index (χ2n) is 5.10. The number of ether oxygens (including phenoxy) is 1. The van der Waals surface area contributed by atoms with Crippen molar-refractivity contribution >= 4 is 5.78 Å². The summed E-state index contributed by atoms with van der Waals surface area (Å²) in [7, 11) is 0. The van der Waals surface area contributed by atoms with Gasteiger partial charge < -0.3 is 4.74 Å². The molecule has 0 bridgehead atoms. The molecule has 3 rings (SSSR count). The van der Waals surface area contributed by atoms with E-state index in [-0.39, 0.29) is 5.78 Å². The van der Waals surface area contributed by atoms with E-state index in [9.17, 15) is 4.79 Å². The predicted octanol–water partition coefficient (Wildman–Crippen LogP) is 3.81. The fraction of sp³-hybridized carbons (Fsp3) is 0.278. The molecule has 0 radical (unpaired) electrons. The first-order valence-electron chi connectivity index (χ1n) is 7.18. The Hall–Kier alpha value is -2.09. The van der Waals surface area contributed by atoms with Crippen molar-refractivity contribution < 1.29 is 9.53 Å². The molecule has 0 unspecified atom stereocenters. The van der Waals surface area contributed by atoms with E-state index in [4.69, 9.17) is 4.74 Å². The van der Waals surface area contributed by atoms with Crippen LogP contribution < -0.4 is 4.74 Å². The van der Waals surface area contributed by atoms with Crippen LogP contribution in [0.4, 0.5) is 0 Å². The number of rotatable bonds is 4. The second-order valence-corrected chi connectivity index (χ2v) is 5.10. The Labute approximate surface area is 119 Å². The summed E-state index contributed by atoms with van der Waals surface area (Å²) in [5, 5.41) is 0. The molecule has 2 heteroatoms. The minimum Gasteiger partial charge on any atom is -0.493 e. The number of carbonyl (C=O) groups excluding carboxylic acids is 1. The lowest BCUT2D eigenvalue weighted by Crippen LogP contribution is -2.06. The molecule has 2 nitrogen and oxygen atoms in total.